The molecule has 5 heteroatoms. The van der Waals surface area contributed by atoms with E-state index in [1.807, 2.05) is 30.5 Å². The average Bonchev–Trinajstić information content (AvgIpc) is 2.76. The molecule has 1 aromatic carbocycles. The zero-order chi connectivity index (χ0) is 13.4. The Morgan fingerprint density at radius 1 is 1.21 bits per heavy atom. The predicted molar refractivity (Wildman–Crippen MR) is 76.0 cm³/mol. The third kappa shape index (κ3) is 2.05. The van der Waals surface area contributed by atoms with E-state index in [-0.39, 0.29) is 6.61 Å². The Balaban J connectivity index is 2.19. The molecule has 96 valence electrons. The third-order valence-electron chi connectivity index (χ3n) is 3.03. The molecule has 0 aliphatic heterocycles. The zero-order valence-electron chi connectivity index (χ0n) is 10.0. The molecule has 0 unspecified atom stereocenters. The highest BCUT2D eigenvalue weighted by Gasteiger charge is 2.11. The summed E-state index contributed by atoms with van der Waals surface area (Å²) >= 11 is 5.87. The van der Waals surface area contributed by atoms with Crippen molar-refractivity contribution in [3.8, 4) is 11.3 Å². The van der Waals surface area contributed by atoms with Crippen molar-refractivity contribution in [1.29, 1.82) is 0 Å². The van der Waals surface area contributed by atoms with E-state index < -0.39 is 0 Å². The fourth-order valence-electron chi connectivity index (χ4n) is 2.02. The van der Waals surface area contributed by atoms with Crippen molar-refractivity contribution in [3.05, 3.63) is 53.2 Å². The molecule has 0 atom stereocenters. The lowest BCUT2D eigenvalue weighted by atomic mass is 10.1. The molecule has 0 saturated heterocycles. The van der Waals surface area contributed by atoms with E-state index in [1.54, 1.807) is 16.5 Å². The van der Waals surface area contributed by atoms with Crippen LogP contribution in [0.1, 0.15) is 5.56 Å². The topological polar surface area (TPSA) is 63.5 Å². The average molecular weight is 274 g/mol. The number of anilines is 1. The van der Waals surface area contributed by atoms with Crippen LogP contribution < -0.4 is 5.73 Å². The van der Waals surface area contributed by atoms with E-state index in [9.17, 15) is 0 Å². The Kier molecular flexibility index (Phi) is 2.89. The summed E-state index contributed by atoms with van der Waals surface area (Å²) in [7, 11) is 0. The number of hydrogen-bond donors (Lipinski definition) is 2. The van der Waals surface area contributed by atoms with Crippen molar-refractivity contribution in [2.24, 2.45) is 0 Å². The predicted octanol–water partition coefficient (Wildman–Crippen LogP) is 2.73. The highest BCUT2D eigenvalue weighted by atomic mass is 35.5. The number of aliphatic hydroxyl groups is 1. The maximum absolute atomic E-state index is 9.14. The Bertz CT molecular complexity index is 734. The molecule has 0 fully saturated rings. The van der Waals surface area contributed by atoms with Gasteiger partial charge in [0.25, 0.3) is 0 Å². The van der Waals surface area contributed by atoms with Crippen LogP contribution in [0.4, 0.5) is 5.82 Å². The standard InChI is InChI=1S/C14H12ClN3O/c15-11-3-1-10(2-4-11)13-14(16)18-6-5-9(8-19)7-12(18)17-13/h1-7,19H,8,16H2. The Morgan fingerprint density at radius 2 is 1.95 bits per heavy atom. The quantitative estimate of drug-likeness (QED) is 0.755. The summed E-state index contributed by atoms with van der Waals surface area (Å²) in [6.07, 6.45) is 1.81. The number of hydrogen-bond acceptors (Lipinski definition) is 3. The maximum Gasteiger partial charge on any atom is 0.139 e. The molecule has 2 aromatic heterocycles. The van der Waals surface area contributed by atoms with Gasteiger partial charge in [0.1, 0.15) is 17.2 Å². The summed E-state index contributed by atoms with van der Waals surface area (Å²) in [5.74, 6) is 0.571. The van der Waals surface area contributed by atoms with Gasteiger partial charge in [-0.2, -0.15) is 0 Å². The number of aromatic nitrogens is 2. The van der Waals surface area contributed by atoms with Crippen LogP contribution in [-0.4, -0.2) is 14.5 Å². The number of halogens is 1. The normalized spacial score (nSPS) is 11.1. The van der Waals surface area contributed by atoms with Crippen LogP contribution in [0, 0.1) is 0 Å². The van der Waals surface area contributed by atoms with Crippen LogP contribution in [0.5, 0.6) is 0 Å². The molecule has 0 bridgehead atoms. The minimum atomic E-state index is -0.0143. The van der Waals surface area contributed by atoms with Gasteiger partial charge in [-0.3, -0.25) is 4.40 Å². The van der Waals surface area contributed by atoms with Gasteiger partial charge in [0, 0.05) is 16.8 Å². The highest BCUT2D eigenvalue weighted by molar-refractivity contribution is 6.30. The van der Waals surface area contributed by atoms with E-state index in [0.717, 1.165) is 11.1 Å². The van der Waals surface area contributed by atoms with Gasteiger partial charge >= 0.3 is 0 Å². The smallest absolute Gasteiger partial charge is 0.139 e. The number of benzene rings is 1. The molecule has 0 spiro atoms. The fraction of sp³-hybridized carbons (Fsp3) is 0.0714. The van der Waals surface area contributed by atoms with Gasteiger partial charge in [0.2, 0.25) is 0 Å². The number of pyridine rings is 1. The Morgan fingerprint density at radius 3 is 2.63 bits per heavy atom. The van der Waals surface area contributed by atoms with Crippen molar-refractivity contribution in [1.82, 2.24) is 9.38 Å². The van der Waals surface area contributed by atoms with Crippen LogP contribution in [0.25, 0.3) is 16.9 Å². The van der Waals surface area contributed by atoms with Crippen molar-refractivity contribution in [2.75, 3.05) is 5.73 Å². The number of nitrogens with two attached hydrogens (primary N) is 1. The van der Waals surface area contributed by atoms with Crippen LogP contribution in [0.15, 0.2) is 42.6 Å². The molecule has 3 rings (SSSR count). The van der Waals surface area contributed by atoms with Gasteiger partial charge < -0.3 is 10.8 Å². The van der Waals surface area contributed by atoms with Gasteiger partial charge in [-0.15, -0.1) is 0 Å². The van der Waals surface area contributed by atoms with E-state index in [4.69, 9.17) is 22.4 Å². The SMILES string of the molecule is Nc1c(-c2ccc(Cl)cc2)nc2cc(CO)ccn12. The van der Waals surface area contributed by atoms with Crippen molar-refractivity contribution < 1.29 is 5.11 Å². The van der Waals surface area contributed by atoms with Crippen molar-refractivity contribution in [3.63, 3.8) is 0 Å². The number of nitrogens with zero attached hydrogens (tertiary/aromatic N) is 2. The first-order valence-electron chi connectivity index (χ1n) is 5.82. The van der Waals surface area contributed by atoms with Crippen LogP contribution in [0.3, 0.4) is 0 Å². The lowest BCUT2D eigenvalue weighted by molar-refractivity contribution is 0.282. The van der Waals surface area contributed by atoms with E-state index >= 15 is 0 Å². The van der Waals surface area contributed by atoms with Gasteiger partial charge in [-0.25, -0.2) is 4.98 Å². The monoisotopic (exact) mass is 273 g/mol. The van der Waals surface area contributed by atoms with E-state index in [2.05, 4.69) is 4.98 Å². The summed E-state index contributed by atoms with van der Waals surface area (Å²) in [5.41, 5.74) is 9.26. The molecular formula is C14H12ClN3O. The molecular weight excluding hydrogens is 262 g/mol. The van der Waals surface area contributed by atoms with Gasteiger partial charge in [0.15, 0.2) is 0 Å². The minimum absolute atomic E-state index is 0.0143. The molecule has 3 aromatic rings. The van der Waals surface area contributed by atoms with Crippen LogP contribution >= 0.6 is 11.6 Å². The molecule has 0 aliphatic rings. The molecule has 19 heavy (non-hydrogen) atoms. The van der Waals surface area contributed by atoms with Crippen molar-refractivity contribution >= 4 is 23.1 Å². The summed E-state index contributed by atoms with van der Waals surface area (Å²) < 4.78 is 1.79. The largest absolute Gasteiger partial charge is 0.392 e. The summed E-state index contributed by atoms with van der Waals surface area (Å²) in [4.78, 5) is 4.50. The first kappa shape index (κ1) is 12.0. The fourth-order valence-corrected chi connectivity index (χ4v) is 2.15. The molecule has 0 amide bonds. The van der Waals surface area contributed by atoms with Gasteiger partial charge in [0.05, 0.1) is 6.61 Å². The second-order valence-electron chi connectivity index (χ2n) is 4.27. The number of fused-ring (bicyclic) bond motifs is 1. The maximum atomic E-state index is 9.14. The first-order valence-corrected chi connectivity index (χ1v) is 6.20. The lowest BCUT2D eigenvalue weighted by Crippen LogP contribution is -1.94. The van der Waals surface area contributed by atoms with Crippen molar-refractivity contribution in [2.45, 2.75) is 6.61 Å². The number of nitrogen functional groups attached to an aromatic ring is 1. The molecule has 0 saturated carbocycles. The van der Waals surface area contributed by atoms with Crippen LogP contribution in [-0.2, 0) is 6.61 Å². The highest BCUT2D eigenvalue weighted by Crippen LogP contribution is 2.27. The molecule has 4 nitrogen and oxygen atoms in total. The van der Waals surface area contributed by atoms with E-state index in [0.29, 0.717) is 22.2 Å². The molecule has 3 N–H and O–H groups in total. The Labute approximate surface area is 115 Å². The summed E-state index contributed by atoms with van der Waals surface area (Å²) in [5, 5.41) is 9.81. The molecule has 2 heterocycles. The minimum Gasteiger partial charge on any atom is -0.392 e. The van der Waals surface area contributed by atoms with E-state index in [1.165, 1.54) is 0 Å². The number of rotatable bonds is 2. The second-order valence-corrected chi connectivity index (χ2v) is 4.71. The van der Waals surface area contributed by atoms with Gasteiger partial charge in [-0.05, 0) is 29.8 Å². The molecule has 0 radical (unpaired) electrons. The number of imidazole rings is 1. The summed E-state index contributed by atoms with van der Waals surface area (Å²) in [6.45, 7) is -0.0143. The van der Waals surface area contributed by atoms with Gasteiger partial charge in [-0.1, -0.05) is 23.7 Å². The number of aliphatic hydroxyl groups excluding tert-OH is 1. The third-order valence-corrected chi connectivity index (χ3v) is 3.28. The lowest BCUT2D eigenvalue weighted by Gasteiger charge is -2.00. The second kappa shape index (κ2) is 4.57. The first-order chi connectivity index (χ1) is 9.19. The Hall–Kier alpha value is -2.04. The zero-order valence-corrected chi connectivity index (χ0v) is 10.8. The van der Waals surface area contributed by atoms with Crippen LogP contribution in [0.2, 0.25) is 5.02 Å². The summed E-state index contributed by atoms with van der Waals surface area (Å²) in [6, 6.07) is 11.0. The molecule has 0 aliphatic carbocycles.